The molecule has 0 aromatic heterocycles. The van der Waals surface area contributed by atoms with E-state index in [1.54, 1.807) is 0 Å². The summed E-state index contributed by atoms with van der Waals surface area (Å²) in [6.45, 7) is 0. The Hall–Kier alpha value is -5.72. The summed E-state index contributed by atoms with van der Waals surface area (Å²) in [5, 5.41) is 26.3. The van der Waals surface area contributed by atoms with Crippen LogP contribution in [0.1, 0.15) is 0 Å². The van der Waals surface area contributed by atoms with E-state index < -0.39 is 0 Å². The fourth-order valence-corrected chi connectivity index (χ4v) is 8.50. The second-order valence-corrected chi connectivity index (χ2v) is 12.4. The Morgan fingerprint density at radius 3 is 1.11 bits per heavy atom. The summed E-state index contributed by atoms with van der Waals surface area (Å²) in [4.78, 5) is 0. The van der Waals surface area contributed by atoms with Crippen LogP contribution in [-0.2, 0) is 0 Å². The number of benzene rings is 10. The zero-order valence-electron chi connectivity index (χ0n) is 23.9. The zero-order chi connectivity index (χ0) is 28.5. The molecule has 0 saturated heterocycles. The first-order valence-corrected chi connectivity index (χ1v) is 15.4. The largest absolute Gasteiger partial charge is 0.0616 e. The van der Waals surface area contributed by atoms with Crippen LogP contribution in [0.15, 0.2) is 146 Å². The SMILES string of the molecule is c1cc2ccc3cc4c(c5ccccc5c5ccccc5c5cc6ccc7cccc8ccc(c54)c6c78)c4ccc(c1)c2c34. The highest BCUT2D eigenvalue weighted by Crippen LogP contribution is 2.47. The number of hydrogen-bond acceptors (Lipinski definition) is 0. The van der Waals surface area contributed by atoms with E-state index in [1.165, 1.54) is 108 Å². The fourth-order valence-electron chi connectivity index (χ4n) is 8.50. The third kappa shape index (κ3) is 2.74. The van der Waals surface area contributed by atoms with Crippen molar-refractivity contribution in [2.45, 2.75) is 0 Å². The van der Waals surface area contributed by atoms with E-state index in [-0.39, 0.29) is 0 Å². The molecule has 0 unspecified atom stereocenters. The van der Waals surface area contributed by atoms with Gasteiger partial charge in [-0.15, -0.1) is 0 Å². The first kappa shape index (κ1) is 22.8. The molecule has 11 aromatic carbocycles. The van der Waals surface area contributed by atoms with Crippen LogP contribution in [0.2, 0.25) is 0 Å². The molecule has 0 spiro atoms. The van der Waals surface area contributed by atoms with Crippen LogP contribution in [0.3, 0.4) is 0 Å². The van der Waals surface area contributed by atoms with Crippen molar-refractivity contribution in [3.63, 3.8) is 0 Å². The molecule has 11 rings (SSSR count). The maximum absolute atomic E-state index is 2.49. The Labute approximate surface area is 252 Å². The molecule has 0 saturated carbocycles. The van der Waals surface area contributed by atoms with Gasteiger partial charge in [-0.25, -0.2) is 0 Å². The summed E-state index contributed by atoms with van der Waals surface area (Å²) in [6, 6.07) is 55.0. The lowest BCUT2D eigenvalue weighted by Crippen LogP contribution is -1.90. The van der Waals surface area contributed by atoms with Crippen molar-refractivity contribution in [3.05, 3.63) is 146 Å². The molecule has 0 atom stereocenters. The summed E-state index contributed by atoms with van der Waals surface area (Å²) in [5.74, 6) is 0. The Balaban J connectivity index is 1.57. The standard InChI is InChI=1S/C44H24/c1-2-13-33-31(11-1)32-12-3-4-14-34(32)43-35-21-19-27-9-6-8-26-16-18-30(42(35)40(26)27)24-38(43)44-36-22-20-28-10-5-7-25-15-17-29(23-37(33)44)41(36)39(25)28/h1-24H. The van der Waals surface area contributed by atoms with Gasteiger partial charge in [0.2, 0.25) is 0 Å². The van der Waals surface area contributed by atoms with Crippen LogP contribution in [0.5, 0.6) is 0 Å². The second kappa shape index (κ2) is 8.01. The Morgan fingerprint density at radius 1 is 0.182 bits per heavy atom. The average Bonchev–Trinajstić information content (AvgIpc) is 3.08. The normalized spacial score (nSPS) is 12.5. The fraction of sp³-hybridized carbons (Fsp3) is 0. The number of hydrogen-bond donors (Lipinski definition) is 0. The summed E-state index contributed by atoms with van der Waals surface area (Å²) in [7, 11) is 0. The molecule has 0 heterocycles. The van der Waals surface area contributed by atoms with E-state index in [0.717, 1.165) is 0 Å². The van der Waals surface area contributed by atoms with E-state index in [1.807, 2.05) is 0 Å². The molecule has 0 fully saturated rings. The van der Waals surface area contributed by atoms with Gasteiger partial charge < -0.3 is 0 Å². The summed E-state index contributed by atoms with van der Waals surface area (Å²) in [5.41, 5.74) is 0. The van der Waals surface area contributed by atoms with Crippen molar-refractivity contribution in [1.82, 2.24) is 0 Å². The van der Waals surface area contributed by atoms with Gasteiger partial charge in [0.25, 0.3) is 0 Å². The molecular weight excluding hydrogens is 528 g/mol. The highest BCUT2D eigenvalue weighted by atomic mass is 14.2. The minimum atomic E-state index is 1.29. The molecule has 200 valence electrons. The highest BCUT2D eigenvalue weighted by molar-refractivity contribution is 6.41. The van der Waals surface area contributed by atoms with Crippen molar-refractivity contribution < 1.29 is 0 Å². The van der Waals surface area contributed by atoms with Crippen molar-refractivity contribution in [1.29, 1.82) is 0 Å². The minimum Gasteiger partial charge on any atom is -0.0616 e. The van der Waals surface area contributed by atoms with E-state index >= 15 is 0 Å². The molecule has 44 heavy (non-hydrogen) atoms. The zero-order valence-corrected chi connectivity index (χ0v) is 23.9. The molecule has 0 aliphatic carbocycles. The number of fused-ring (bicyclic) bond motifs is 10. The Bertz CT molecular complexity index is 3000. The molecule has 0 amide bonds. The van der Waals surface area contributed by atoms with Crippen molar-refractivity contribution in [2.24, 2.45) is 0 Å². The average molecular weight is 553 g/mol. The molecule has 0 bridgehead atoms. The van der Waals surface area contributed by atoms with Gasteiger partial charge in [-0.1, -0.05) is 133 Å². The molecule has 0 nitrogen and oxygen atoms in total. The Kier molecular flexibility index (Phi) is 4.15. The summed E-state index contributed by atoms with van der Waals surface area (Å²) in [6.07, 6.45) is 0. The maximum atomic E-state index is 2.49. The van der Waals surface area contributed by atoms with Gasteiger partial charge in [0.1, 0.15) is 0 Å². The molecule has 0 radical (unpaired) electrons. The molecular formula is C44H24. The topological polar surface area (TPSA) is 0 Å². The van der Waals surface area contributed by atoms with Crippen LogP contribution >= 0.6 is 0 Å². The van der Waals surface area contributed by atoms with E-state index in [2.05, 4.69) is 146 Å². The van der Waals surface area contributed by atoms with Gasteiger partial charge in [-0.05, 0) is 120 Å². The molecule has 11 aromatic rings. The third-order valence-electron chi connectivity index (χ3n) is 10.3. The lowest BCUT2D eigenvalue weighted by Gasteiger charge is -2.18. The maximum Gasteiger partial charge on any atom is -0.00193 e. The second-order valence-electron chi connectivity index (χ2n) is 12.4. The van der Waals surface area contributed by atoms with Crippen molar-refractivity contribution >= 4 is 108 Å². The van der Waals surface area contributed by atoms with Gasteiger partial charge in [0.05, 0.1) is 0 Å². The molecule has 0 heteroatoms. The van der Waals surface area contributed by atoms with Crippen LogP contribution in [-0.4, -0.2) is 0 Å². The van der Waals surface area contributed by atoms with Crippen molar-refractivity contribution in [2.75, 3.05) is 0 Å². The summed E-state index contributed by atoms with van der Waals surface area (Å²) < 4.78 is 0. The van der Waals surface area contributed by atoms with E-state index in [0.29, 0.717) is 0 Å². The van der Waals surface area contributed by atoms with Crippen LogP contribution < -0.4 is 0 Å². The predicted octanol–water partition coefficient (Wildman–Crippen LogP) is 12.7. The van der Waals surface area contributed by atoms with Gasteiger partial charge in [-0.2, -0.15) is 0 Å². The quantitative estimate of drug-likeness (QED) is 0.164. The smallest absolute Gasteiger partial charge is 0.00193 e. The van der Waals surface area contributed by atoms with Crippen molar-refractivity contribution in [3.8, 4) is 0 Å². The Morgan fingerprint density at radius 2 is 0.568 bits per heavy atom. The third-order valence-corrected chi connectivity index (χ3v) is 10.3. The van der Waals surface area contributed by atoms with Gasteiger partial charge in [0, 0.05) is 0 Å². The first-order chi connectivity index (χ1) is 21.8. The predicted molar refractivity (Wildman–Crippen MR) is 193 cm³/mol. The summed E-state index contributed by atoms with van der Waals surface area (Å²) >= 11 is 0. The van der Waals surface area contributed by atoms with Crippen LogP contribution in [0.4, 0.5) is 0 Å². The molecule has 0 aliphatic heterocycles. The first-order valence-electron chi connectivity index (χ1n) is 15.4. The van der Waals surface area contributed by atoms with Gasteiger partial charge in [-0.3, -0.25) is 0 Å². The molecule has 0 aliphatic rings. The van der Waals surface area contributed by atoms with Gasteiger partial charge in [0.15, 0.2) is 0 Å². The van der Waals surface area contributed by atoms with Crippen LogP contribution in [0.25, 0.3) is 108 Å². The lowest BCUT2D eigenvalue weighted by molar-refractivity contribution is 1.79. The lowest BCUT2D eigenvalue weighted by atomic mass is 9.85. The van der Waals surface area contributed by atoms with Gasteiger partial charge >= 0.3 is 0 Å². The highest BCUT2D eigenvalue weighted by Gasteiger charge is 2.18. The monoisotopic (exact) mass is 552 g/mol. The van der Waals surface area contributed by atoms with Crippen LogP contribution in [0, 0.1) is 0 Å². The molecule has 0 N–H and O–H groups in total. The van der Waals surface area contributed by atoms with E-state index in [9.17, 15) is 0 Å². The van der Waals surface area contributed by atoms with E-state index in [4.69, 9.17) is 0 Å². The number of rotatable bonds is 0. The minimum absolute atomic E-state index is 1.29.